The summed E-state index contributed by atoms with van der Waals surface area (Å²) in [6, 6.07) is 1.64. The number of rotatable bonds is 3. The van der Waals surface area contributed by atoms with Gasteiger partial charge in [-0.1, -0.05) is 12.2 Å². The summed E-state index contributed by atoms with van der Waals surface area (Å²) in [5, 5.41) is 2.51. The average Bonchev–Trinajstić information content (AvgIpc) is 2.85. The summed E-state index contributed by atoms with van der Waals surface area (Å²) in [4.78, 5) is 13.1. The molecule has 1 amide bonds. The summed E-state index contributed by atoms with van der Waals surface area (Å²) in [5.74, 6) is -1.77. The van der Waals surface area contributed by atoms with Crippen LogP contribution >= 0.6 is 12.2 Å². The minimum Gasteiger partial charge on any atom is -0.389 e. The second kappa shape index (κ2) is 5.70. The van der Waals surface area contributed by atoms with Crippen molar-refractivity contribution in [2.24, 2.45) is 5.73 Å². The summed E-state index contributed by atoms with van der Waals surface area (Å²) in [6.07, 6.45) is 1.27. The molecular weight excluding hydrogens is 284 g/mol. The van der Waals surface area contributed by atoms with Crippen molar-refractivity contribution < 1.29 is 13.6 Å². The van der Waals surface area contributed by atoms with Crippen LogP contribution in [0.3, 0.4) is 0 Å². The molecule has 1 saturated heterocycles. The number of hydrogen-bond acceptors (Lipinski definition) is 3. The molecule has 1 atom stereocenters. The summed E-state index contributed by atoms with van der Waals surface area (Å²) in [6.45, 7) is 0.429. The first-order chi connectivity index (χ1) is 9.45. The zero-order chi connectivity index (χ0) is 14.9. The van der Waals surface area contributed by atoms with E-state index < -0.39 is 17.7 Å². The fraction of sp³-hybridized carbons (Fsp3) is 0.385. The van der Waals surface area contributed by atoms with Crippen molar-refractivity contribution in [2.45, 2.75) is 18.9 Å². The third-order valence-electron chi connectivity index (χ3n) is 3.39. The number of amides is 1. The van der Waals surface area contributed by atoms with E-state index in [1.807, 2.05) is 0 Å². The number of carbonyl (C=O) groups excluding carboxylic acids is 1. The Balaban J connectivity index is 2.42. The highest BCUT2D eigenvalue weighted by Gasteiger charge is 2.33. The first-order valence-electron chi connectivity index (χ1n) is 6.22. The Hall–Kier alpha value is -1.76. The number of likely N-dealkylation sites (N-methyl/N-ethyl adjacent to an activating group) is 1. The van der Waals surface area contributed by atoms with Crippen molar-refractivity contribution >= 4 is 28.8 Å². The van der Waals surface area contributed by atoms with Crippen LogP contribution in [0.5, 0.6) is 0 Å². The minimum absolute atomic E-state index is 0.0707. The second-order valence-corrected chi connectivity index (χ2v) is 5.06. The van der Waals surface area contributed by atoms with Crippen LogP contribution in [0.25, 0.3) is 0 Å². The summed E-state index contributed by atoms with van der Waals surface area (Å²) >= 11 is 4.71. The van der Waals surface area contributed by atoms with Gasteiger partial charge in [0.25, 0.3) is 0 Å². The maximum Gasteiger partial charge on any atom is 0.242 e. The molecule has 108 valence electrons. The molecule has 0 bridgehead atoms. The molecule has 0 aliphatic carbocycles. The molecule has 1 fully saturated rings. The molecular formula is C13H15F2N3OS. The van der Waals surface area contributed by atoms with Gasteiger partial charge in [-0.3, -0.25) is 4.79 Å². The van der Waals surface area contributed by atoms with E-state index >= 15 is 0 Å². The van der Waals surface area contributed by atoms with Gasteiger partial charge >= 0.3 is 0 Å². The lowest BCUT2D eigenvalue weighted by molar-refractivity contribution is -0.121. The fourth-order valence-corrected chi connectivity index (χ4v) is 2.57. The third-order valence-corrected chi connectivity index (χ3v) is 3.63. The molecule has 0 radical (unpaired) electrons. The normalized spacial score (nSPS) is 18.1. The lowest BCUT2D eigenvalue weighted by atomic mass is 10.1. The van der Waals surface area contributed by atoms with E-state index in [0.29, 0.717) is 19.4 Å². The highest BCUT2D eigenvalue weighted by atomic mass is 32.1. The largest absolute Gasteiger partial charge is 0.389 e. The summed E-state index contributed by atoms with van der Waals surface area (Å²) < 4.78 is 28.3. The number of carbonyl (C=O) groups is 1. The first kappa shape index (κ1) is 14.6. The van der Waals surface area contributed by atoms with E-state index in [2.05, 4.69) is 5.32 Å². The number of nitrogens with one attached hydrogen (secondary N) is 1. The van der Waals surface area contributed by atoms with E-state index in [0.717, 1.165) is 12.1 Å². The monoisotopic (exact) mass is 299 g/mol. The zero-order valence-electron chi connectivity index (χ0n) is 11.0. The minimum atomic E-state index is -0.761. The van der Waals surface area contributed by atoms with Gasteiger partial charge in [0.15, 0.2) is 0 Å². The Bertz CT molecular complexity index is 542. The first-order valence-corrected chi connectivity index (χ1v) is 6.63. The van der Waals surface area contributed by atoms with Crippen LogP contribution in [0.2, 0.25) is 0 Å². The van der Waals surface area contributed by atoms with Gasteiger partial charge in [-0.05, 0) is 25.0 Å². The maximum atomic E-state index is 14.1. The Morgan fingerprint density at radius 3 is 2.55 bits per heavy atom. The lowest BCUT2D eigenvalue weighted by Gasteiger charge is -2.26. The van der Waals surface area contributed by atoms with Gasteiger partial charge in [-0.25, -0.2) is 8.78 Å². The molecule has 3 N–H and O–H groups in total. The smallest absolute Gasteiger partial charge is 0.242 e. The Morgan fingerprint density at radius 1 is 1.45 bits per heavy atom. The van der Waals surface area contributed by atoms with Gasteiger partial charge in [0.1, 0.15) is 28.4 Å². The molecule has 1 aromatic rings. The number of anilines is 1. The van der Waals surface area contributed by atoms with Crippen LogP contribution in [0.15, 0.2) is 12.1 Å². The topological polar surface area (TPSA) is 58.4 Å². The van der Waals surface area contributed by atoms with Crippen LogP contribution in [-0.4, -0.2) is 30.5 Å². The van der Waals surface area contributed by atoms with Crippen LogP contribution in [0.4, 0.5) is 14.5 Å². The third kappa shape index (κ3) is 2.58. The van der Waals surface area contributed by atoms with Crippen molar-refractivity contribution in [2.75, 3.05) is 18.5 Å². The van der Waals surface area contributed by atoms with Crippen LogP contribution < -0.4 is 16.0 Å². The Morgan fingerprint density at radius 2 is 2.05 bits per heavy atom. The highest BCUT2D eigenvalue weighted by Crippen LogP contribution is 2.31. The Labute approximate surface area is 120 Å². The fourth-order valence-electron chi connectivity index (χ4n) is 2.46. The van der Waals surface area contributed by atoms with Gasteiger partial charge < -0.3 is 16.0 Å². The Kier molecular flexibility index (Phi) is 4.17. The molecule has 20 heavy (non-hydrogen) atoms. The van der Waals surface area contributed by atoms with Crippen LogP contribution in [-0.2, 0) is 4.79 Å². The molecule has 4 nitrogen and oxygen atoms in total. The van der Waals surface area contributed by atoms with Crippen molar-refractivity contribution in [3.63, 3.8) is 0 Å². The molecule has 1 aromatic carbocycles. The van der Waals surface area contributed by atoms with Gasteiger partial charge in [0.2, 0.25) is 5.91 Å². The molecule has 0 saturated carbocycles. The lowest BCUT2D eigenvalue weighted by Crippen LogP contribution is -2.42. The van der Waals surface area contributed by atoms with Gasteiger partial charge in [-0.15, -0.1) is 0 Å². The van der Waals surface area contributed by atoms with E-state index in [4.69, 9.17) is 18.0 Å². The standard InChI is InChI=1S/C13H15F2N3OS/c1-17-13(19)10-3-2-4-18(10)11-8(14)5-7(12(16)20)6-9(11)15/h5-6,10H,2-4H2,1H3,(H2,16,20)(H,17,19). The number of halogens is 2. The van der Waals surface area contributed by atoms with E-state index in [1.54, 1.807) is 0 Å². The maximum absolute atomic E-state index is 14.1. The quantitative estimate of drug-likeness (QED) is 0.826. The second-order valence-electron chi connectivity index (χ2n) is 4.62. The number of nitrogens with zero attached hydrogens (tertiary/aromatic N) is 1. The van der Waals surface area contributed by atoms with Crippen LogP contribution in [0.1, 0.15) is 18.4 Å². The number of thiocarbonyl (C=S) groups is 1. The average molecular weight is 299 g/mol. The molecule has 7 heteroatoms. The van der Waals surface area contributed by atoms with Crippen LogP contribution in [0, 0.1) is 11.6 Å². The van der Waals surface area contributed by atoms with Crippen molar-refractivity contribution in [1.82, 2.24) is 5.32 Å². The molecule has 0 aromatic heterocycles. The molecule has 1 unspecified atom stereocenters. The number of nitrogens with two attached hydrogens (primary N) is 1. The predicted molar refractivity (Wildman–Crippen MR) is 76.7 cm³/mol. The summed E-state index contributed by atoms with van der Waals surface area (Å²) in [7, 11) is 1.50. The number of hydrogen-bond donors (Lipinski definition) is 2. The molecule has 1 aliphatic rings. The molecule has 2 rings (SSSR count). The predicted octanol–water partition coefficient (Wildman–Crippen LogP) is 1.31. The number of benzene rings is 1. The van der Waals surface area contributed by atoms with E-state index in [-0.39, 0.29) is 22.1 Å². The summed E-state index contributed by atoms with van der Waals surface area (Å²) in [5.41, 5.74) is 5.31. The zero-order valence-corrected chi connectivity index (χ0v) is 11.8. The van der Waals surface area contributed by atoms with Gasteiger partial charge in [-0.2, -0.15) is 0 Å². The van der Waals surface area contributed by atoms with Crippen molar-refractivity contribution in [3.05, 3.63) is 29.3 Å². The molecule has 0 spiro atoms. The van der Waals surface area contributed by atoms with Gasteiger partial charge in [0.05, 0.1) is 0 Å². The van der Waals surface area contributed by atoms with E-state index in [9.17, 15) is 13.6 Å². The van der Waals surface area contributed by atoms with Crippen molar-refractivity contribution in [3.8, 4) is 0 Å². The molecule has 1 aliphatic heterocycles. The highest BCUT2D eigenvalue weighted by molar-refractivity contribution is 7.80. The van der Waals surface area contributed by atoms with E-state index in [1.165, 1.54) is 11.9 Å². The SMILES string of the molecule is CNC(=O)C1CCCN1c1c(F)cc(C(N)=S)cc1F. The van der Waals surface area contributed by atoms with Crippen molar-refractivity contribution in [1.29, 1.82) is 0 Å². The molecule has 1 heterocycles. The van der Waals surface area contributed by atoms with Gasteiger partial charge in [0, 0.05) is 19.2 Å².